The van der Waals surface area contributed by atoms with Crippen LogP contribution in [0, 0.1) is 56.7 Å². The van der Waals surface area contributed by atoms with Crippen LogP contribution in [0.15, 0.2) is 12.2 Å². The first-order chi connectivity index (χ1) is 14.8. The molecule has 4 saturated carbocycles. The lowest BCUT2D eigenvalue weighted by atomic mass is 9.42. The minimum Gasteiger partial charge on any atom is -0.300 e. The first-order valence-corrected chi connectivity index (χ1v) is 13.6. The van der Waals surface area contributed by atoms with Crippen molar-refractivity contribution in [2.75, 3.05) is 0 Å². The Balaban J connectivity index is 1.42. The lowest BCUT2D eigenvalue weighted by molar-refractivity contribution is -0.142. The molecule has 2 heteroatoms. The number of rotatable bonds is 5. The maximum Gasteiger partial charge on any atom is 0.161 e. The summed E-state index contributed by atoms with van der Waals surface area (Å²) in [5.74, 6) is 3.77. The van der Waals surface area contributed by atoms with Crippen LogP contribution in [0.2, 0.25) is 0 Å². The molecule has 5 aliphatic rings. The molecule has 0 aromatic carbocycles. The Morgan fingerprint density at radius 1 is 0.938 bits per heavy atom. The van der Waals surface area contributed by atoms with Gasteiger partial charge in [0.1, 0.15) is 5.78 Å². The molecule has 4 fully saturated rings. The molecule has 2 spiro atoms. The van der Waals surface area contributed by atoms with E-state index in [1.165, 1.54) is 44.9 Å². The number of carbonyl (C=O) groups excluding carboxylic acids is 2. The van der Waals surface area contributed by atoms with Gasteiger partial charge in [0.25, 0.3) is 0 Å². The maximum absolute atomic E-state index is 12.7. The third-order valence-corrected chi connectivity index (χ3v) is 12.3. The highest BCUT2D eigenvalue weighted by atomic mass is 16.1. The molecule has 0 amide bonds. The number of ketones is 2. The highest BCUT2D eigenvalue weighted by Gasteiger charge is 2.81. The van der Waals surface area contributed by atoms with Gasteiger partial charge in [-0.2, -0.15) is 0 Å². The van der Waals surface area contributed by atoms with Crippen molar-refractivity contribution in [3.05, 3.63) is 12.2 Å². The van der Waals surface area contributed by atoms with Gasteiger partial charge in [0.2, 0.25) is 0 Å². The minimum atomic E-state index is -0.200. The molecule has 5 rings (SSSR count). The lowest BCUT2D eigenvalue weighted by Gasteiger charge is -2.62. The normalized spacial score (nSPS) is 49.1. The standard InChI is InChI=1S/C30H46O2/c1-19(2)16-21(31)17-20(3)22-10-12-28(7)24-9-8-23-26(4,5)25(32)11-13-29(23)18-30(24,29)15-14-27(22,28)6/h11,13,19-20,22-24H,8-10,12,14-18H2,1-7H3/t20-,22-,23+,24+,27-,28+,29-,30+/m1/s1. The third-order valence-electron chi connectivity index (χ3n) is 12.3. The second-order valence-electron chi connectivity index (χ2n) is 14.3. The Morgan fingerprint density at radius 3 is 2.31 bits per heavy atom. The highest BCUT2D eigenvalue weighted by molar-refractivity contribution is 5.96. The zero-order valence-corrected chi connectivity index (χ0v) is 21.7. The van der Waals surface area contributed by atoms with Crippen molar-refractivity contribution in [3.63, 3.8) is 0 Å². The quantitative estimate of drug-likeness (QED) is 0.448. The summed E-state index contributed by atoms with van der Waals surface area (Å²) in [5.41, 5.74) is 1.24. The fraction of sp³-hybridized carbons (Fsp3) is 0.867. The fourth-order valence-electron chi connectivity index (χ4n) is 10.6. The molecular weight excluding hydrogens is 392 g/mol. The van der Waals surface area contributed by atoms with Crippen LogP contribution in [0.4, 0.5) is 0 Å². The molecule has 0 unspecified atom stereocenters. The lowest BCUT2D eigenvalue weighted by Crippen LogP contribution is -2.56. The molecule has 0 aliphatic heterocycles. The van der Waals surface area contributed by atoms with Crippen molar-refractivity contribution in [1.82, 2.24) is 0 Å². The van der Waals surface area contributed by atoms with E-state index in [0.717, 1.165) is 18.8 Å². The SMILES string of the molecule is CC(C)CC(=O)C[C@@H](C)[C@H]1CC[C@@]2(C)[C@@H]3CC[C@H]4C(C)(C)C(=O)C=C[C@@]45C[C@@]35CC[C@]12C. The van der Waals surface area contributed by atoms with Gasteiger partial charge in [-0.25, -0.2) is 0 Å². The molecule has 0 saturated heterocycles. The molecule has 8 atom stereocenters. The van der Waals surface area contributed by atoms with Crippen LogP contribution in [0.1, 0.15) is 106 Å². The topological polar surface area (TPSA) is 34.1 Å². The van der Waals surface area contributed by atoms with E-state index in [2.05, 4.69) is 54.5 Å². The van der Waals surface area contributed by atoms with E-state index in [1.807, 2.05) is 6.08 Å². The second-order valence-corrected chi connectivity index (χ2v) is 14.3. The molecule has 0 aromatic rings. The molecule has 0 bridgehead atoms. The Bertz CT molecular complexity index is 866. The number of Topliss-reactive ketones (excluding diaryl/α,β-unsaturated/α-hetero) is 1. The highest BCUT2D eigenvalue weighted by Crippen LogP contribution is 2.88. The van der Waals surface area contributed by atoms with E-state index in [4.69, 9.17) is 0 Å². The van der Waals surface area contributed by atoms with Crippen molar-refractivity contribution in [3.8, 4) is 0 Å². The van der Waals surface area contributed by atoms with Crippen LogP contribution in [0.3, 0.4) is 0 Å². The molecule has 0 heterocycles. The smallest absolute Gasteiger partial charge is 0.161 e. The van der Waals surface area contributed by atoms with Gasteiger partial charge in [-0.05, 0) is 102 Å². The van der Waals surface area contributed by atoms with E-state index in [-0.39, 0.29) is 10.8 Å². The zero-order chi connectivity index (χ0) is 23.3. The van der Waals surface area contributed by atoms with Crippen molar-refractivity contribution in [1.29, 1.82) is 0 Å². The van der Waals surface area contributed by atoms with Gasteiger partial charge in [-0.15, -0.1) is 0 Å². The Morgan fingerprint density at radius 2 is 1.62 bits per heavy atom. The van der Waals surface area contributed by atoms with E-state index < -0.39 is 0 Å². The van der Waals surface area contributed by atoms with E-state index in [1.54, 1.807) is 0 Å². The summed E-state index contributed by atoms with van der Waals surface area (Å²) in [6.45, 7) is 16.4. The van der Waals surface area contributed by atoms with Gasteiger partial charge >= 0.3 is 0 Å². The van der Waals surface area contributed by atoms with Crippen molar-refractivity contribution in [2.45, 2.75) is 106 Å². The Labute approximate surface area is 196 Å². The monoisotopic (exact) mass is 438 g/mol. The summed E-state index contributed by atoms with van der Waals surface area (Å²) in [5, 5.41) is 0. The minimum absolute atomic E-state index is 0.200. The second kappa shape index (κ2) is 6.82. The number of allylic oxidation sites excluding steroid dienone is 2. The summed E-state index contributed by atoms with van der Waals surface area (Å²) in [7, 11) is 0. The van der Waals surface area contributed by atoms with Gasteiger partial charge in [0, 0.05) is 18.3 Å². The number of hydrogen-bond donors (Lipinski definition) is 0. The summed E-state index contributed by atoms with van der Waals surface area (Å²) in [6, 6.07) is 0. The van der Waals surface area contributed by atoms with Crippen molar-refractivity contribution >= 4 is 11.6 Å². The summed E-state index contributed by atoms with van der Waals surface area (Å²) < 4.78 is 0. The summed E-state index contributed by atoms with van der Waals surface area (Å²) in [6.07, 6.45) is 15.0. The van der Waals surface area contributed by atoms with Crippen LogP contribution < -0.4 is 0 Å². The molecular formula is C30H46O2. The van der Waals surface area contributed by atoms with Crippen molar-refractivity contribution in [2.24, 2.45) is 56.7 Å². The van der Waals surface area contributed by atoms with Crippen LogP contribution in [-0.4, -0.2) is 11.6 Å². The van der Waals surface area contributed by atoms with Crippen LogP contribution in [-0.2, 0) is 9.59 Å². The predicted octanol–water partition coefficient (Wildman–Crippen LogP) is 7.41. The summed E-state index contributed by atoms with van der Waals surface area (Å²) in [4.78, 5) is 25.4. The molecule has 5 aliphatic carbocycles. The van der Waals surface area contributed by atoms with E-state index >= 15 is 0 Å². The van der Waals surface area contributed by atoms with E-state index in [9.17, 15) is 9.59 Å². The third kappa shape index (κ3) is 2.65. The molecule has 32 heavy (non-hydrogen) atoms. The molecule has 0 radical (unpaired) electrons. The number of fused-ring (bicyclic) bond motifs is 2. The first kappa shape index (κ1) is 22.9. The largest absolute Gasteiger partial charge is 0.300 e. The Hall–Kier alpha value is -0.920. The van der Waals surface area contributed by atoms with Crippen molar-refractivity contribution < 1.29 is 9.59 Å². The van der Waals surface area contributed by atoms with Crippen LogP contribution >= 0.6 is 0 Å². The molecule has 178 valence electrons. The van der Waals surface area contributed by atoms with Gasteiger partial charge in [0.05, 0.1) is 0 Å². The predicted molar refractivity (Wildman–Crippen MR) is 130 cm³/mol. The molecule has 2 nitrogen and oxygen atoms in total. The first-order valence-electron chi connectivity index (χ1n) is 13.6. The number of hydrogen-bond acceptors (Lipinski definition) is 2. The van der Waals surface area contributed by atoms with Gasteiger partial charge < -0.3 is 0 Å². The fourth-order valence-corrected chi connectivity index (χ4v) is 10.6. The zero-order valence-electron chi connectivity index (χ0n) is 21.7. The molecule has 0 aromatic heterocycles. The summed E-state index contributed by atoms with van der Waals surface area (Å²) >= 11 is 0. The van der Waals surface area contributed by atoms with E-state index in [0.29, 0.717) is 51.5 Å². The van der Waals surface area contributed by atoms with Gasteiger partial charge in [-0.3, -0.25) is 9.59 Å². The van der Waals surface area contributed by atoms with Gasteiger partial charge in [-0.1, -0.05) is 54.5 Å². The average Bonchev–Trinajstić information content (AvgIpc) is 3.27. The molecule has 0 N–H and O–H groups in total. The number of carbonyl (C=O) groups is 2. The maximum atomic E-state index is 12.7. The van der Waals surface area contributed by atoms with Gasteiger partial charge in [0.15, 0.2) is 5.78 Å². The van der Waals surface area contributed by atoms with Crippen LogP contribution in [0.25, 0.3) is 0 Å². The Kier molecular flexibility index (Phi) is 4.87. The average molecular weight is 439 g/mol. The van der Waals surface area contributed by atoms with Crippen LogP contribution in [0.5, 0.6) is 0 Å².